The van der Waals surface area contributed by atoms with Crippen LogP contribution in [0.15, 0.2) is 23.3 Å². The van der Waals surface area contributed by atoms with Crippen molar-refractivity contribution in [3.8, 4) is 0 Å². The third kappa shape index (κ3) is 2.43. The molecule has 0 aliphatic heterocycles. The van der Waals surface area contributed by atoms with E-state index in [0.717, 1.165) is 0 Å². The van der Waals surface area contributed by atoms with Gasteiger partial charge < -0.3 is 9.73 Å². The zero-order valence-corrected chi connectivity index (χ0v) is 7.70. The van der Waals surface area contributed by atoms with Crippen molar-refractivity contribution in [2.75, 3.05) is 0 Å². The van der Waals surface area contributed by atoms with E-state index in [1.165, 1.54) is 6.20 Å². The predicted octanol–water partition coefficient (Wildman–Crippen LogP) is 1.29. The van der Waals surface area contributed by atoms with Gasteiger partial charge in [0.15, 0.2) is 0 Å². The van der Waals surface area contributed by atoms with E-state index < -0.39 is 0 Å². The topological polar surface area (TPSA) is 55.1 Å². The van der Waals surface area contributed by atoms with Crippen molar-refractivity contribution in [2.45, 2.75) is 19.9 Å². The van der Waals surface area contributed by atoms with Crippen molar-refractivity contribution in [2.24, 2.45) is 0 Å². The Morgan fingerprint density at radius 1 is 1.85 bits per heavy atom. The van der Waals surface area contributed by atoms with Crippen LogP contribution in [0.25, 0.3) is 0 Å². The van der Waals surface area contributed by atoms with Gasteiger partial charge in [-0.3, -0.25) is 4.79 Å². The number of oxazole rings is 1. The molecule has 0 saturated carbocycles. The van der Waals surface area contributed by atoms with E-state index in [1.54, 1.807) is 13.0 Å². The van der Waals surface area contributed by atoms with Crippen molar-refractivity contribution in [3.05, 3.63) is 30.5 Å². The van der Waals surface area contributed by atoms with Crippen LogP contribution in [0.2, 0.25) is 0 Å². The summed E-state index contributed by atoms with van der Waals surface area (Å²) in [4.78, 5) is 15.1. The van der Waals surface area contributed by atoms with E-state index in [9.17, 15) is 4.79 Å². The normalized spacial score (nSPS) is 12.2. The van der Waals surface area contributed by atoms with Crippen LogP contribution in [-0.2, 0) is 0 Å². The zero-order chi connectivity index (χ0) is 9.84. The number of hydrogen-bond acceptors (Lipinski definition) is 3. The number of amides is 1. The molecule has 1 aromatic rings. The summed E-state index contributed by atoms with van der Waals surface area (Å²) in [6.07, 6.45) is 3.14. The minimum Gasteiger partial charge on any atom is -0.438 e. The van der Waals surface area contributed by atoms with E-state index in [0.29, 0.717) is 5.76 Å². The molecule has 70 valence electrons. The molecule has 1 rings (SSSR count). The van der Waals surface area contributed by atoms with Gasteiger partial charge in [-0.2, -0.15) is 0 Å². The maximum absolute atomic E-state index is 11.3. The van der Waals surface area contributed by atoms with Gasteiger partial charge in [0.1, 0.15) is 5.76 Å². The Morgan fingerprint density at radius 3 is 3.00 bits per heavy atom. The molecule has 1 aromatic heterocycles. The summed E-state index contributed by atoms with van der Waals surface area (Å²) in [5.41, 5.74) is 0. The molecule has 1 N–H and O–H groups in total. The highest BCUT2D eigenvalue weighted by Crippen LogP contribution is 2.01. The standard InChI is InChI=1S/C9H12N2O2/c1-4-6(2)11-8(12)9-10-5-7(3)13-9/h4-6H,1H2,2-3H3,(H,11,12). The van der Waals surface area contributed by atoms with Gasteiger partial charge >= 0.3 is 5.91 Å². The molecule has 0 fully saturated rings. The summed E-state index contributed by atoms with van der Waals surface area (Å²) in [5.74, 6) is 0.392. The molecule has 0 aromatic carbocycles. The second kappa shape index (κ2) is 3.89. The zero-order valence-electron chi connectivity index (χ0n) is 7.70. The molecule has 1 atom stereocenters. The highest BCUT2D eigenvalue weighted by molar-refractivity contribution is 5.89. The second-order valence-electron chi connectivity index (χ2n) is 2.77. The van der Waals surface area contributed by atoms with E-state index in [4.69, 9.17) is 4.42 Å². The lowest BCUT2D eigenvalue weighted by molar-refractivity contribution is 0.0911. The third-order valence-electron chi connectivity index (χ3n) is 1.53. The van der Waals surface area contributed by atoms with Crippen LogP contribution in [0.1, 0.15) is 23.4 Å². The Hall–Kier alpha value is -1.58. The van der Waals surface area contributed by atoms with Gasteiger partial charge in [-0.15, -0.1) is 6.58 Å². The quantitative estimate of drug-likeness (QED) is 0.713. The highest BCUT2D eigenvalue weighted by atomic mass is 16.4. The number of hydrogen-bond donors (Lipinski definition) is 1. The molecule has 4 heteroatoms. The average Bonchev–Trinajstić information content (AvgIpc) is 2.51. The molecule has 13 heavy (non-hydrogen) atoms. The number of aryl methyl sites for hydroxylation is 1. The predicted molar refractivity (Wildman–Crippen MR) is 48.4 cm³/mol. The van der Waals surface area contributed by atoms with Crippen LogP contribution in [-0.4, -0.2) is 16.9 Å². The third-order valence-corrected chi connectivity index (χ3v) is 1.53. The van der Waals surface area contributed by atoms with Gasteiger partial charge in [0.25, 0.3) is 5.89 Å². The molecule has 0 radical (unpaired) electrons. The van der Waals surface area contributed by atoms with Crippen LogP contribution in [0.3, 0.4) is 0 Å². The largest absolute Gasteiger partial charge is 0.438 e. The summed E-state index contributed by atoms with van der Waals surface area (Å²) >= 11 is 0. The Labute approximate surface area is 76.7 Å². The summed E-state index contributed by atoms with van der Waals surface area (Å²) in [6.45, 7) is 7.10. The lowest BCUT2D eigenvalue weighted by Gasteiger charge is -2.05. The van der Waals surface area contributed by atoms with Crippen molar-refractivity contribution >= 4 is 5.91 Å². The Bertz CT molecular complexity index is 317. The van der Waals surface area contributed by atoms with Crippen LogP contribution in [0.4, 0.5) is 0 Å². The minimum absolute atomic E-state index is 0.0836. The molecule has 0 aliphatic carbocycles. The van der Waals surface area contributed by atoms with E-state index in [-0.39, 0.29) is 17.8 Å². The number of carbonyl (C=O) groups is 1. The summed E-state index contributed by atoms with van der Waals surface area (Å²) in [7, 11) is 0. The molecular formula is C9H12N2O2. The van der Waals surface area contributed by atoms with Gasteiger partial charge in [0.2, 0.25) is 0 Å². The van der Waals surface area contributed by atoms with Crippen LogP contribution < -0.4 is 5.32 Å². The first-order chi connectivity index (χ1) is 6.13. The van der Waals surface area contributed by atoms with E-state index in [1.807, 2.05) is 6.92 Å². The molecule has 0 spiro atoms. The minimum atomic E-state index is -0.319. The Kier molecular flexibility index (Phi) is 2.84. The average molecular weight is 180 g/mol. The summed E-state index contributed by atoms with van der Waals surface area (Å²) in [5, 5.41) is 2.65. The molecule has 1 unspecified atom stereocenters. The Balaban J connectivity index is 2.63. The lowest BCUT2D eigenvalue weighted by Crippen LogP contribution is -2.31. The first-order valence-electron chi connectivity index (χ1n) is 3.99. The van der Waals surface area contributed by atoms with Gasteiger partial charge in [0, 0.05) is 6.04 Å². The van der Waals surface area contributed by atoms with E-state index >= 15 is 0 Å². The SMILES string of the molecule is C=CC(C)NC(=O)c1ncc(C)o1. The number of nitrogens with one attached hydrogen (secondary N) is 1. The molecule has 1 amide bonds. The smallest absolute Gasteiger partial charge is 0.307 e. The lowest BCUT2D eigenvalue weighted by atomic mass is 10.3. The Morgan fingerprint density at radius 2 is 2.54 bits per heavy atom. The van der Waals surface area contributed by atoms with Crippen molar-refractivity contribution in [3.63, 3.8) is 0 Å². The van der Waals surface area contributed by atoms with Crippen molar-refractivity contribution < 1.29 is 9.21 Å². The van der Waals surface area contributed by atoms with Gasteiger partial charge in [0.05, 0.1) is 6.20 Å². The van der Waals surface area contributed by atoms with E-state index in [2.05, 4.69) is 16.9 Å². The highest BCUT2D eigenvalue weighted by Gasteiger charge is 2.12. The molecule has 0 bridgehead atoms. The number of nitrogens with zero attached hydrogens (tertiary/aromatic N) is 1. The number of carbonyl (C=O) groups excluding carboxylic acids is 1. The fraction of sp³-hybridized carbons (Fsp3) is 0.333. The first-order valence-corrected chi connectivity index (χ1v) is 3.99. The summed E-state index contributed by atoms with van der Waals surface area (Å²) < 4.78 is 5.03. The van der Waals surface area contributed by atoms with Crippen LogP contribution in [0.5, 0.6) is 0 Å². The maximum atomic E-state index is 11.3. The molecule has 4 nitrogen and oxygen atoms in total. The van der Waals surface area contributed by atoms with Crippen LogP contribution in [0, 0.1) is 6.92 Å². The first kappa shape index (κ1) is 9.51. The number of rotatable bonds is 3. The van der Waals surface area contributed by atoms with Gasteiger partial charge in [-0.05, 0) is 13.8 Å². The summed E-state index contributed by atoms with van der Waals surface area (Å²) in [6, 6.07) is -0.0836. The number of aromatic nitrogens is 1. The fourth-order valence-corrected chi connectivity index (χ4v) is 0.787. The van der Waals surface area contributed by atoms with Crippen LogP contribution >= 0.6 is 0 Å². The van der Waals surface area contributed by atoms with Crippen molar-refractivity contribution in [1.82, 2.24) is 10.3 Å². The van der Waals surface area contributed by atoms with Gasteiger partial charge in [-0.25, -0.2) is 4.98 Å². The van der Waals surface area contributed by atoms with Gasteiger partial charge in [-0.1, -0.05) is 6.08 Å². The molecule has 0 saturated heterocycles. The molecule has 1 heterocycles. The fourth-order valence-electron chi connectivity index (χ4n) is 0.787. The molecular weight excluding hydrogens is 168 g/mol. The monoisotopic (exact) mass is 180 g/mol. The molecule has 0 aliphatic rings. The second-order valence-corrected chi connectivity index (χ2v) is 2.77. The maximum Gasteiger partial charge on any atom is 0.307 e. The van der Waals surface area contributed by atoms with Crippen molar-refractivity contribution in [1.29, 1.82) is 0 Å².